The van der Waals surface area contributed by atoms with E-state index in [-0.39, 0.29) is 0 Å². The molecule has 0 aliphatic carbocycles. The lowest BCUT2D eigenvalue weighted by molar-refractivity contribution is 0.756. The number of aromatic nitrogens is 4. The van der Waals surface area contributed by atoms with E-state index in [1.54, 1.807) is 16.4 Å². The van der Waals surface area contributed by atoms with E-state index in [1.165, 1.54) is 0 Å². The third-order valence-corrected chi connectivity index (χ3v) is 2.84. The van der Waals surface area contributed by atoms with Crippen LogP contribution in [-0.4, -0.2) is 26.0 Å². The van der Waals surface area contributed by atoms with Crippen molar-refractivity contribution in [3.05, 3.63) is 29.3 Å². The molecule has 0 spiro atoms. The highest BCUT2D eigenvalue weighted by atomic mass is 35.5. The number of hydrogen-bond donors (Lipinski definition) is 0. The van der Waals surface area contributed by atoms with Gasteiger partial charge in [0.25, 0.3) is 0 Å². The quantitative estimate of drug-likeness (QED) is 0.773. The van der Waals surface area contributed by atoms with Gasteiger partial charge in [-0.15, -0.1) is 5.10 Å². The van der Waals surface area contributed by atoms with Crippen molar-refractivity contribution in [2.24, 2.45) is 0 Å². The Morgan fingerprint density at radius 3 is 2.73 bits per heavy atom. The maximum Gasteiger partial charge on any atom is 0.214 e. The summed E-state index contributed by atoms with van der Waals surface area (Å²) in [6, 6.07) is 7.41. The highest BCUT2D eigenvalue weighted by Crippen LogP contribution is 2.18. The summed E-state index contributed by atoms with van der Waals surface area (Å²) in [6.45, 7) is 2.06. The second-order valence-electron chi connectivity index (χ2n) is 2.78. The number of tetrazole rings is 1. The second-order valence-corrected chi connectivity index (χ2v) is 4.45. The van der Waals surface area contributed by atoms with Gasteiger partial charge in [0, 0.05) is 5.02 Å². The molecule has 0 saturated carbocycles. The molecule has 0 saturated heterocycles. The molecule has 1 aromatic carbocycles. The van der Waals surface area contributed by atoms with E-state index < -0.39 is 0 Å². The highest BCUT2D eigenvalue weighted by Gasteiger charge is 2.07. The van der Waals surface area contributed by atoms with Crippen LogP contribution in [-0.2, 0) is 0 Å². The summed E-state index contributed by atoms with van der Waals surface area (Å²) < 4.78 is 1.70. The normalized spacial score (nSPS) is 10.5. The van der Waals surface area contributed by atoms with Crippen LogP contribution in [0.3, 0.4) is 0 Å². The molecule has 2 aromatic rings. The van der Waals surface area contributed by atoms with Crippen molar-refractivity contribution < 1.29 is 0 Å². The average molecular weight is 241 g/mol. The van der Waals surface area contributed by atoms with Gasteiger partial charge >= 0.3 is 0 Å². The predicted octanol–water partition coefficient (Wildman–Crippen LogP) is 2.43. The number of halogens is 1. The fraction of sp³-hybridized carbons (Fsp3) is 0.222. The predicted molar refractivity (Wildman–Crippen MR) is 60.6 cm³/mol. The number of thioether (sulfide) groups is 1. The Morgan fingerprint density at radius 2 is 2.07 bits per heavy atom. The van der Waals surface area contributed by atoms with Gasteiger partial charge in [-0.2, -0.15) is 4.68 Å². The first kappa shape index (κ1) is 10.4. The van der Waals surface area contributed by atoms with Crippen molar-refractivity contribution in [3.63, 3.8) is 0 Å². The van der Waals surface area contributed by atoms with Crippen molar-refractivity contribution in [2.75, 3.05) is 5.75 Å². The molecule has 4 nitrogen and oxygen atoms in total. The van der Waals surface area contributed by atoms with Gasteiger partial charge in [-0.25, -0.2) is 0 Å². The first-order chi connectivity index (χ1) is 7.31. The van der Waals surface area contributed by atoms with Crippen molar-refractivity contribution in [3.8, 4) is 5.69 Å². The summed E-state index contributed by atoms with van der Waals surface area (Å²) in [5.41, 5.74) is 0.917. The summed E-state index contributed by atoms with van der Waals surface area (Å²) in [5, 5.41) is 13.0. The minimum Gasteiger partial charge on any atom is -0.188 e. The van der Waals surface area contributed by atoms with Gasteiger partial charge in [-0.1, -0.05) is 30.3 Å². The number of hydrogen-bond acceptors (Lipinski definition) is 4. The Kier molecular flexibility index (Phi) is 3.23. The molecule has 6 heteroatoms. The zero-order valence-corrected chi connectivity index (χ0v) is 9.66. The minimum atomic E-state index is 0.705. The van der Waals surface area contributed by atoms with E-state index >= 15 is 0 Å². The van der Waals surface area contributed by atoms with Crippen molar-refractivity contribution in [1.82, 2.24) is 20.2 Å². The van der Waals surface area contributed by atoms with Gasteiger partial charge in [0.05, 0.1) is 5.69 Å². The van der Waals surface area contributed by atoms with Crippen LogP contribution in [0.4, 0.5) is 0 Å². The minimum absolute atomic E-state index is 0.705. The molecule has 0 atom stereocenters. The molecule has 1 aromatic heterocycles. The molecule has 78 valence electrons. The Bertz CT molecular complexity index is 440. The molecule has 0 radical (unpaired) electrons. The van der Waals surface area contributed by atoms with E-state index in [4.69, 9.17) is 11.6 Å². The first-order valence-corrected chi connectivity index (χ1v) is 5.84. The summed E-state index contributed by atoms with van der Waals surface area (Å²) in [5.74, 6) is 0.938. The van der Waals surface area contributed by atoms with Crippen molar-refractivity contribution >= 4 is 23.4 Å². The van der Waals surface area contributed by atoms with E-state index in [0.29, 0.717) is 5.02 Å². The summed E-state index contributed by atoms with van der Waals surface area (Å²) in [7, 11) is 0. The average Bonchev–Trinajstić information content (AvgIpc) is 2.68. The van der Waals surface area contributed by atoms with Gasteiger partial charge in [-0.3, -0.25) is 0 Å². The van der Waals surface area contributed by atoms with E-state index in [1.807, 2.05) is 24.3 Å². The number of rotatable bonds is 3. The third-order valence-electron chi connectivity index (χ3n) is 1.79. The number of nitrogens with zero attached hydrogens (tertiary/aromatic N) is 4. The van der Waals surface area contributed by atoms with Crippen LogP contribution in [0.1, 0.15) is 6.92 Å². The fourth-order valence-corrected chi connectivity index (χ4v) is 1.89. The van der Waals surface area contributed by atoms with Crippen LogP contribution in [0.25, 0.3) is 5.69 Å². The lowest BCUT2D eigenvalue weighted by atomic mass is 10.3. The van der Waals surface area contributed by atoms with Crippen LogP contribution >= 0.6 is 23.4 Å². The highest BCUT2D eigenvalue weighted by molar-refractivity contribution is 7.99. The maximum absolute atomic E-state index is 5.81. The molecule has 0 N–H and O–H groups in total. The molecular formula is C9H9ClN4S. The van der Waals surface area contributed by atoms with E-state index in [0.717, 1.165) is 16.6 Å². The molecule has 0 amide bonds. The van der Waals surface area contributed by atoms with Crippen LogP contribution in [0.2, 0.25) is 5.02 Å². The van der Waals surface area contributed by atoms with Gasteiger partial charge in [0.15, 0.2) is 0 Å². The lowest BCUT2D eigenvalue weighted by Crippen LogP contribution is -1.98. The summed E-state index contributed by atoms with van der Waals surface area (Å²) in [6.07, 6.45) is 0. The van der Waals surface area contributed by atoms with E-state index in [2.05, 4.69) is 22.4 Å². The molecular weight excluding hydrogens is 232 g/mol. The largest absolute Gasteiger partial charge is 0.214 e. The standard InChI is InChI=1S/C9H9ClN4S/c1-2-15-9-11-12-13-14(9)8-5-3-7(10)4-6-8/h3-6H,2H2,1H3. The molecule has 0 unspecified atom stereocenters. The Labute approximate surface area is 96.6 Å². The lowest BCUT2D eigenvalue weighted by Gasteiger charge is -2.02. The molecule has 0 aliphatic heterocycles. The summed E-state index contributed by atoms with van der Waals surface area (Å²) in [4.78, 5) is 0. The molecule has 0 aliphatic rings. The molecule has 0 fully saturated rings. The first-order valence-electron chi connectivity index (χ1n) is 4.48. The topological polar surface area (TPSA) is 43.6 Å². The van der Waals surface area contributed by atoms with Crippen LogP contribution in [0, 0.1) is 0 Å². The van der Waals surface area contributed by atoms with Gasteiger partial charge < -0.3 is 0 Å². The van der Waals surface area contributed by atoms with Gasteiger partial charge in [0.1, 0.15) is 0 Å². The zero-order chi connectivity index (χ0) is 10.7. The summed E-state index contributed by atoms with van der Waals surface area (Å²) >= 11 is 7.41. The Balaban J connectivity index is 2.36. The van der Waals surface area contributed by atoms with Crippen LogP contribution < -0.4 is 0 Å². The van der Waals surface area contributed by atoms with Crippen molar-refractivity contribution in [1.29, 1.82) is 0 Å². The Morgan fingerprint density at radius 1 is 1.33 bits per heavy atom. The number of benzene rings is 1. The molecule has 1 heterocycles. The SMILES string of the molecule is CCSc1nnnn1-c1ccc(Cl)cc1. The zero-order valence-electron chi connectivity index (χ0n) is 8.09. The molecule has 15 heavy (non-hydrogen) atoms. The maximum atomic E-state index is 5.81. The third kappa shape index (κ3) is 2.30. The van der Waals surface area contributed by atoms with E-state index in [9.17, 15) is 0 Å². The van der Waals surface area contributed by atoms with Crippen LogP contribution in [0.5, 0.6) is 0 Å². The Hall–Kier alpha value is -1.07. The van der Waals surface area contributed by atoms with Crippen LogP contribution in [0.15, 0.2) is 29.4 Å². The van der Waals surface area contributed by atoms with Crippen molar-refractivity contribution in [2.45, 2.75) is 12.1 Å². The molecule has 0 bridgehead atoms. The van der Waals surface area contributed by atoms with Gasteiger partial charge in [0.2, 0.25) is 5.16 Å². The van der Waals surface area contributed by atoms with Gasteiger partial charge in [-0.05, 0) is 40.4 Å². The smallest absolute Gasteiger partial charge is 0.188 e. The molecule has 2 rings (SSSR count). The fourth-order valence-electron chi connectivity index (χ4n) is 1.14. The monoisotopic (exact) mass is 240 g/mol. The second kappa shape index (κ2) is 4.63.